The molecule has 1 aliphatic heterocycles. The van der Waals surface area contributed by atoms with Gasteiger partial charge in [0.05, 0.1) is 12.2 Å². The second-order valence-corrected chi connectivity index (χ2v) is 6.04. The molecule has 0 saturated carbocycles. The molecule has 21 heavy (non-hydrogen) atoms. The van der Waals surface area contributed by atoms with E-state index in [1.807, 2.05) is 26.8 Å². The molecule has 0 aliphatic carbocycles. The van der Waals surface area contributed by atoms with Crippen LogP contribution in [-0.4, -0.2) is 29.2 Å². The van der Waals surface area contributed by atoms with Gasteiger partial charge >= 0.3 is 12.1 Å². The van der Waals surface area contributed by atoms with E-state index in [9.17, 15) is 9.59 Å². The molecule has 0 fully saturated rings. The van der Waals surface area contributed by atoms with Gasteiger partial charge in [-0.25, -0.2) is 9.59 Å². The van der Waals surface area contributed by atoms with Crippen LogP contribution in [0.25, 0.3) is 0 Å². The van der Waals surface area contributed by atoms with E-state index in [2.05, 4.69) is 0 Å². The lowest BCUT2D eigenvalue weighted by Crippen LogP contribution is -2.33. The molecule has 0 bridgehead atoms. The van der Waals surface area contributed by atoms with Crippen LogP contribution in [0, 0.1) is 0 Å². The fourth-order valence-electron chi connectivity index (χ4n) is 2.19. The highest BCUT2D eigenvalue weighted by molar-refractivity contribution is 5.89. The summed E-state index contributed by atoms with van der Waals surface area (Å²) in [7, 11) is 0. The maximum absolute atomic E-state index is 12.1. The van der Waals surface area contributed by atoms with Crippen molar-refractivity contribution in [2.24, 2.45) is 0 Å². The highest BCUT2D eigenvalue weighted by atomic mass is 16.6. The minimum absolute atomic E-state index is 0.337. The standard InChI is InChI=1S/C16H21NO4/c1-5-20-14(18)11-6-7-12-9-17(10-13(12)8-11)15(19)21-16(2,3)4/h6-8H,5,9-10H2,1-4H3. The normalized spacial score (nSPS) is 13.8. The van der Waals surface area contributed by atoms with E-state index in [-0.39, 0.29) is 12.1 Å². The maximum Gasteiger partial charge on any atom is 0.410 e. The number of amides is 1. The third-order valence-corrected chi connectivity index (χ3v) is 3.09. The summed E-state index contributed by atoms with van der Waals surface area (Å²) < 4.78 is 10.3. The van der Waals surface area contributed by atoms with Gasteiger partial charge in [-0.3, -0.25) is 4.90 Å². The summed E-state index contributed by atoms with van der Waals surface area (Å²) in [4.78, 5) is 25.4. The second-order valence-electron chi connectivity index (χ2n) is 6.04. The highest BCUT2D eigenvalue weighted by Crippen LogP contribution is 2.25. The lowest BCUT2D eigenvalue weighted by atomic mass is 10.1. The second kappa shape index (κ2) is 5.76. The first kappa shape index (κ1) is 15.4. The Bertz CT molecular complexity index is 560. The molecular weight excluding hydrogens is 270 g/mol. The van der Waals surface area contributed by atoms with Crippen molar-refractivity contribution < 1.29 is 19.1 Å². The van der Waals surface area contributed by atoms with Gasteiger partial charge in [0.1, 0.15) is 5.60 Å². The maximum atomic E-state index is 12.1. The molecule has 1 aromatic rings. The van der Waals surface area contributed by atoms with Crippen molar-refractivity contribution in [2.75, 3.05) is 6.61 Å². The van der Waals surface area contributed by atoms with Gasteiger partial charge in [0, 0.05) is 13.1 Å². The van der Waals surface area contributed by atoms with E-state index < -0.39 is 5.60 Å². The van der Waals surface area contributed by atoms with Crippen LogP contribution in [0.1, 0.15) is 49.2 Å². The summed E-state index contributed by atoms with van der Waals surface area (Å²) in [6.07, 6.45) is -0.337. The predicted molar refractivity (Wildman–Crippen MR) is 77.9 cm³/mol. The van der Waals surface area contributed by atoms with Crippen molar-refractivity contribution in [2.45, 2.75) is 46.4 Å². The van der Waals surface area contributed by atoms with E-state index in [0.29, 0.717) is 25.3 Å². The van der Waals surface area contributed by atoms with Gasteiger partial charge < -0.3 is 9.47 Å². The molecule has 0 atom stereocenters. The SMILES string of the molecule is CCOC(=O)c1ccc2c(c1)CN(C(=O)OC(C)(C)C)C2. The number of hydrogen-bond acceptors (Lipinski definition) is 4. The van der Waals surface area contributed by atoms with E-state index in [0.717, 1.165) is 11.1 Å². The van der Waals surface area contributed by atoms with E-state index in [4.69, 9.17) is 9.47 Å². The van der Waals surface area contributed by atoms with Gasteiger partial charge in [-0.15, -0.1) is 0 Å². The lowest BCUT2D eigenvalue weighted by molar-refractivity contribution is 0.0241. The summed E-state index contributed by atoms with van der Waals surface area (Å²) in [5, 5.41) is 0. The van der Waals surface area contributed by atoms with Gasteiger partial charge in [-0.1, -0.05) is 6.07 Å². The fourth-order valence-corrected chi connectivity index (χ4v) is 2.19. The Kier molecular flexibility index (Phi) is 4.21. The molecule has 1 amide bonds. The first-order valence-corrected chi connectivity index (χ1v) is 7.07. The largest absolute Gasteiger partial charge is 0.462 e. The number of carbonyl (C=O) groups excluding carboxylic acids is 2. The number of carbonyl (C=O) groups is 2. The third-order valence-electron chi connectivity index (χ3n) is 3.09. The van der Waals surface area contributed by atoms with Crippen LogP contribution in [-0.2, 0) is 22.6 Å². The molecule has 0 saturated heterocycles. The monoisotopic (exact) mass is 291 g/mol. The Balaban J connectivity index is 2.09. The average Bonchev–Trinajstić information content (AvgIpc) is 2.79. The van der Waals surface area contributed by atoms with Gasteiger partial charge in [0.2, 0.25) is 0 Å². The Hall–Kier alpha value is -2.04. The molecule has 1 heterocycles. The summed E-state index contributed by atoms with van der Waals surface area (Å²) >= 11 is 0. The van der Waals surface area contributed by atoms with E-state index in [1.54, 1.807) is 24.0 Å². The summed E-state index contributed by atoms with van der Waals surface area (Å²) in [6.45, 7) is 8.60. The van der Waals surface area contributed by atoms with E-state index in [1.165, 1.54) is 0 Å². The third kappa shape index (κ3) is 3.74. The smallest absolute Gasteiger partial charge is 0.410 e. The summed E-state index contributed by atoms with van der Waals surface area (Å²) in [5.41, 5.74) is 2.00. The fraction of sp³-hybridized carbons (Fsp3) is 0.500. The molecule has 114 valence electrons. The van der Waals surface area contributed by atoms with Gasteiger partial charge in [-0.2, -0.15) is 0 Å². The van der Waals surface area contributed by atoms with Crippen molar-refractivity contribution in [1.29, 1.82) is 0 Å². The van der Waals surface area contributed by atoms with Crippen LogP contribution in [0.4, 0.5) is 4.79 Å². The number of esters is 1. The summed E-state index contributed by atoms with van der Waals surface area (Å²) in [5.74, 6) is -0.337. The lowest BCUT2D eigenvalue weighted by Gasteiger charge is -2.24. The Morgan fingerprint density at radius 2 is 1.86 bits per heavy atom. The Morgan fingerprint density at radius 3 is 2.48 bits per heavy atom. The van der Waals surface area contributed by atoms with Crippen LogP contribution < -0.4 is 0 Å². The van der Waals surface area contributed by atoms with Crippen molar-refractivity contribution in [3.8, 4) is 0 Å². The first-order valence-electron chi connectivity index (χ1n) is 7.07. The molecule has 0 spiro atoms. The minimum Gasteiger partial charge on any atom is -0.462 e. The zero-order valence-electron chi connectivity index (χ0n) is 12.9. The molecule has 5 nitrogen and oxygen atoms in total. The minimum atomic E-state index is -0.512. The molecule has 0 unspecified atom stereocenters. The molecule has 0 N–H and O–H groups in total. The van der Waals surface area contributed by atoms with Crippen molar-refractivity contribution in [3.63, 3.8) is 0 Å². The van der Waals surface area contributed by atoms with Crippen LogP contribution in [0.2, 0.25) is 0 Å². The van der Waals surface area contributed by atoms with Crippen molar-refractivity contribution >= 4 is 12.1 Å². The molecule has 0 aromatic heterocycles. The number of benzene rings is 1. The molecule has 0 radical (unpaired) electrons. The Morgan fingerprint density at radius 1 is 1.19 bits per heavy atom. The first-order chi connectivity index (χ1) is 9.80. The molecule has 1 aromatic carbocycles. The quantitative estimate of drug-likeness (QED) is 0.786. The Labute approximate surface area is 124 Å². The summed E-state index contributed by atoms with van der Waals surface area (Å²) in [6, 6.07) is 5.39. The van der Waals surface area contributed by atoms with Crippen LogP contribution >= 0.6 is 0 Å². The van der Waals surface area contributed by atoms with Crippen molar-refractivity contribution in [3.05, 3.63) is 34.9 Å². The average molecular weight is 291 g/mol. The molecule has 5 heteroatoms. The zero-order chi connectivity index (χ0) is 15.6. The van der Waals surface area contributed by atoms with Crippen LogP contribution in [0.5, 0.6) is 0 Å². The van der Waals surface area contributed by atoms with Gasteiger partial charge in [0.25, 0.3) is 0 Å². The number of fused-ring (bicyclic) bond motifs is 1. The number of hydrogen-bond donors (Lipinski definition) is 0. The molecule has 1 aliphatic rings. The number of rotatable bonds is 2. The zero-order valence-corrected chi connectivity index (χ0v) is 12.9. The molecule has 2 rings (SSSR count). The van der Waals surface area contributed by atoms with Crippen LogP contribution in [0.15, 0.2) is 18.2 Å². The predicted octanol–water partition coefficient (Wildman–Crippen LogP) is 3.11. The van der Waals surface area contributed by atoms with Crippen molar-refractivity contribution in [1.82, 2.24) is 4.90 Å². The number of ether oxygens (including phenoxy) is 2. The van der Waals surface area contributed by atoms with Crippen LogP contribution in [0.3, 0.4) is 0 Å². The van der Waals surface area contributed by atoms with E-state index >= 15 is 0 Å². The van der Waals surface area contributed by atoms with Gasteiger partial charge in [0.15, 0.2) is 0 Å². The topological polar surface area (TPSA) is 55.8 Å². The highest BCUT2D eigenvalue weighted by Gasteiger charge is 2.28. The molecular formula is C16H21NO4. The van der Waals surface area contributed by atoms with Gasteiger partial charge in [-0.05, 0) is 51.0 Å². The number of nitrogens with zero attached hydrogens (tertiary/aromatic N) is 1.